The third-order valence-corrected chi connectivity index (χ3v) is 5.19. The van der Waals surface area contributed by atoms with E-state index in [-0.39, 0.29) is 6.61 Å². The highest BCUT2D eigenvalue weighted by Crippen LogP contribution is 2.27. The van der Waals surface area contributed by atoms with Gasteiger partial charge in [-0.1, -0.05) is 42.0 Å². The second-order valence-corrected chi connectivity index (χ2v) is 7.13. The van der Waals surface area contributed by atoms with E-state index in [1.165, 1.54) is 0 Å². The molecule has 0 spiro atoms. The maximum atomic E-state index is 14.0. The van der Waals surface area contributed by atoms with Crippen LogP contribution in [0.4, 0.5) is 22.0 Å². The van der Waals surface area contributed by atoms with Gasteiger partial charge in [-0.25, -0.2) is 22.0 Å². The number of rotatable bonds is 5. The van der Waals surface area contributed by atoms with Gasteiger partial charge in [-0.05, 0) is 33.2 Å². The van der Waals surface area contributed by atoms with Crippen LogP contribution in [0.1, 0.15) is 11.1 Å². The van der Waals surface area contributed by atoms with Crippen molar-refractivity contribution in [3.63, 3.8) is 0 Å². The highest BCUT2D eigenvalue weighted by Gasteiger charge is 2.26. The van der Waals surface area contributed by atoms with Crippen molar-refractivity contribution in [2.45, 2.75) is 13.5 Å². The summed E-state index contributed by atoms with van der Waals surface area (Å²) in [4.78, 5) is 0. The van der Waals surface area contributed by atoms with E-state index in [1.807, 2.05) is 30.3 Å². The summed E-state index contributed by atoms with van der Waals surface area (Å²) in [6.07, 6.45) is 0. The maximum Gasteiger partial charge on any atom is 0.200 e. The largest absolute Gasteiger partial charge is 0.488 e. The van der Waals surface area contributed by atoms with Gasteiger partial charge in [-0.15, -0.1) is 0 Å². The maximum absolute atomic E-state index is 14.0. The molecule has 1 nitrogen and oxygen atoms in total. The van der Waals surface area contributed by atoms with E-state index in [0.717, 1.165) is 11.1 Å². The summed E-state index contributed by atoms with van der Waals surface area (Å²) < 4.78 is 73.9. The molecule has 0 radical (unpaired) electrons. The monoisotopic (exact) mass is 396 g/mol. The predicted octanol–water partition coefficient (Wildman–Crippen LogP) is 4.90. The molecule has 0 heterocycles. The van der Waals surface area contributed by atoms with Crippen molar-refractivity contribution in [1.29, 1.82) is 0 Å². The zero-order valence-corrected chi connectivity index (χ0v) is 15.1. The molecule has 7 heteroatoms. The molecule has 0 saturated heterocycles. The molecule has 1 unspecified atom stereocenters. The van der Waals surface area contributed by atoms with E-state index in [9.17, 15) is 22.0 Å². The Morgan fingerprint density at radius 2 is 1.37 bits per heavy atom. The first-order valence-corrected chi connectivity index (χ1v) is 8.94. The molecule has 0 amide bonds. The van der Waals surface area contributed by atoms with Crippen LogP contribution in [0.5, 0.6) is 5.75 Å². The lowest BCUT2D eigenvalue weighted by atomic mass is 10.2. The van der Waals surface area contributed by atoms with Crippen molar-refractivity contribution < 1.29 is 26.7 Å². The zero-order valence-electron chi connectivity index (χ0n) is 14.1. The third kappa shape index (κ3) is 4.11. The van der Waals surface area contributed by atoms with Gasteiger partial charge >= 0.3 is 0 Å². The van der Waals surface area contributed by atoms with Crippen LogP contribution in [0.25, 0.3) is 0 Å². The Bertz CT molecular complexity index is 947. The van der Waals surface area contributed by atoms with E-state index >= 15 is 0 Å². The minimum Gasteiger partial charge on any atom is -0.488 e. The Hall–Kier alpha value is -2.46. The van der Waals surface area contributed by atoms with Gasteiger partial charge in [0.25, 0.3) is 0 Å². The first-order chi connectivity index (χ1) is 12.9. The van der Waals surface area contributed by atoms with Crippen LogP contribution < -0.4 is 15.3 Å². The van der Waals surface area contributed by atoms with E-state index in [4.69, 9.17) is 4.74 Å². The lowest BCUT2D eigenvalue weighted by molar-refractivity contribution is 0.309. The standard InChI is InChI=1S/C20H14F5OP/c1-11-7-8-13(26-10-12-5-3-2-4-6-12)14(9-11)27-20-18(24)16(22)15(21)17(23)19(20)25/h2-9,27H,10H2,1H3. The first kappa shape index (κ1) is 19.3. The second-order valence-electron chi connectivity index (χ2n) is 5.84. The highest BCUT2D eigenvalue weighted by molar-refractivity contribution is 7.55. The number of hydrogen-bond acceptors (Lipinski definition) is 1. The molecule has 3 aromatic carbocycles. The number of halogens is 5. The molecule has 0 saturated carbocycles. The summed E-state index contributed by atoms with van der Waals surface area (Å²) in [5.74, 6) is -9.37. The third-order valence-electron chi connectivity index (χ3n) is 3.84. The first-order valence-electron chi connectivity index (χ1n) is 7.94. The molecule has 0 aliphatic carbocycles. The Kier molecular flexibility index (Phi) is 5.76. The number of aryl methyl sites for hydroxylation is 1. The SMILES string of the molecule is Cc1ccc(OCc2ccccc2)c(Pc2c(F)c(F)c(F)c(F)c2F)c1. The van der Waals surface area contributed by atoms with Crippen LogP contribution in [0.2, 0.25) is 0 Å². The normalized spacial score (nSPS) is 11.3. The topological polar surface area (TPSA) is 9.23 Å². The molecule has 0 aliphatic rings. The summed E-state index contributed by atoms with van der Waals surface area (Å²) in [5, 5.41) is -0.504. The Morgan fingerprint density at radius 3 is 2.00 bits per heavy atom. The molecule has 0 fully saturated rings. The van der Waals surface area contributed by atoms with Gasteiger partial charge in [0, 0.05) is 5.30 Å². The van der Waals surface area contributed by atoms with E-state index in [2.05, 4.69) is 0 Å². The Balaban J connectivity index is 1.95. The average molecular weight is 396 g/mol. The Morgan fingerprint density at radius 1 is 0.778 bits per heavy atom. The Labute approximate surface area is 154 Å². The van der Waals surface area contributed by atoms with Crippen molar-refractivity contribution in [2.75, 3.05) is 0 Å². The molecule has 27 heavy (non-hydrogen) atoms. The van der Waals surface area contributed by atoms with Crippen molar-refractivity contribution in [2.24, 2.45) is 0 Å². The summed E-state index contributed by atoms with van der Waals surface area (Å²) in [6, 6.07) is 14.2. The molecule has 3 rings (SSSR count). The van der Waals surface area contributed by atoms with Crippen LogP contribution in [0.3, 0.4) is 0 Å². The molecule has 0 N–H and O–H groups in total. The van der Waals surface area contributed by atoms with E-state index < -0.39 is 43.0 Å². The summed E-state index contributed by atoms with van der Waals surface area (Å²) in [5.41, 5.74) is 1.65. The molecular weight excluding hydrogens is 382 g/mol. The van der Waals surface area contributed by atoms with Gasteiger partial charge in [0.05, 0.1) is 5.30 Å². The average Bonchev–Trinajstić information content (AvgIpc) is 2.68. The summed E-state index contributed by atoms with van der Waals surface area (Å²) >= 11 is 0. The quantitative estimate of drug-likeness (QED) is 0.258. The van der Waals surface area contributed by atoms with Crippen molar-refractivity contribution in [3.8, 4) is 5.75 Å². The van der Waals surface area contributed by atoms with Gasteiger partial charge < -0.3 is 4.74 Å². The number of ether oxygens (including phenoxy) is 1. The number of benzene rings is 3. The molecule has 0 aliphatic heterocycles. The van der Waals surface area contributed by atoms with E-state index in [1.54, 1.807) is 25.1 Å². The molecule has 0 bridgehead atoms. The molecule has 3 aromatic rings. The molecule has 0 aromatic heterocycles. The lowest BCUT2D eigenvalue weighted by Crippen LogP contribution is -2.19. The van der Waals surface area contributed by atoms with Crippen molar-refractivity contribution in [1.82, 2.24) is 0 Å². The van der Waals surface area contributed by atoms with Gasteiger partial charge in [-0.3, -0.25) is 0 Å². The van der Waals surface area contributed by atoms with Crippen molar-refractivity contribution in [3.05, 3.63) is 88.7 Å². The minimum atomic E-state index is -2.16. The smallest absolute Gasteiger partial charge is 0.200 e. The van der Waals surface area contributed by atoms with Crippen LogP contribution in [-0.2, 0) is 6.61 Å². The van der Waals surface area contributed by atoms with Gasteiger partial charge in [0.2, 0.25) is 5.82 Å². The zero-order chi connectivity index (χ0) is 19.6. The van der Waals surface area contributed by atoms with Gasteiger partial charge in [0.1, 0.15) is 12.4 Å². The van der Waals surface area contributed by atoms with Gasteiger partial charge in [0.15, 0.2) is 23.3 Å². The molecule has 140 valence electrons. The summed E-state index contributed by atoms with van der Waals surface area (Å²) in [7, 11) is -0.795. The fourth-order valence-corrected chi connectivity index (χ4v) is 3.74. The fourth-order valence-electron chi connectivity index (χ4n) is 2.45. The summed E-state index contributed by atoms with van der Waals surface area (Å²) in [6.45, 7) is 1.96. The predicted molar refractivity (Wildman–Crippen MR) is 95.8 cm³/mol. The fraction of sp³-hybridized carbons (Fsp3) is 0.100. The van der Waals surface area contributed by atoms with Crippen LogP contribution in [-0.4, -0.2) is 0 Å². The second kappa shape index (κ2) is 8.05. The molecule has 1 atom stereocenters. The number of hydrogen-bond donors (Lipinski definition) is 0. The van der Waals surface area contributed by atoms with Crippen LogP contribution in [0, 0.1) is 36.0 Å². The lowest BCUT2D eigenvalue weighted by Gasteiger charge is -2.14. The van der Waals surface area contributed by atoms with E-state index in [0.29, 0.717) is 11.1 Å². The molecular formula is C20H14F5OP. The van der Waals surface area contributed by atoms with Crippen LogP contribution >= 0.6 is 8.58 Å². The van der Waals surface area contributed by atoms with Crippen molar-refractivity contribution >= 4 is 19.2 Å². The highest BCUT2D eigenvalue weighted by atomic mass is 31.1. The minimum absolute atomic E-state index is 0.207. The van der Waals surface area contributed by atoms with Gasteiger partial charge in [-0.2, -0.15) is 0 Å². The van der Waals surface area contributed by atoms with Crippen LogP contribution in [0.15, 0.2) is 48.5 Å².